The lowest BCUT2D eigenvalue weighted by Gasteiger charge is -2.47. The van der Waals surface area contributed by atoms with Gasteiger partial charge >= 0.3 is 0 Å². The molecule has 5 aromatic rings. The number of nitrogens with one attached hydrogen (secondary N) is 3. The van der Waals surface area contributed by atoms with Gasteiger partial charge in [0.25, 0.3) is 0 Å². The summed E-state index contributed by atoms with van der Waals surface area (Å²) in [6.45, 7) is 18.0. The summed E-state index contributed by atoms with van der Waals surface area (Å²) < 4.78 is 0. The van der Waals surface area contributed by atoms with E-state index >= 15 is 0 Å². The van der Waals surface area contributed by atoms with Crippen LogP contribution in [0.5, 0.6) is 0 Å². The number of alkyl halides is 1. The topological polar surface area (TPSA) is 107 Å². The minimum absolute atomic E-state index is 0.518. The predicted molar refractivity (Wildman–Crippen MR) is 288 cm³/mol. The van der Waals surface area contributed by atoms with E-state index in [-0.39, 0.29) is 0 Å². The zero-order valence-corrected chi connectivity index (χ0v) is 43.7. The number of amidine groups is 1. The first kappa shape index (κ1) is 51.7. The summed E-state index contributed by atoms with van der Waals surface area (Å²) in [5.74, 6) is 4.05. The fourth-order valence-corrected chi connectivity index (χ4v) is 11.4. The van der Waals surface area contributed by atoms with Crippen LogP contribution in [0, 0.1) is 0 Å². The summed E-state index contributed by atoms with van der Waals surface area (Å²) in [5.41, 5.74) is 4.33. The first-order valence-corrected chi connectivity index (χ1v) is 26.8. The maximum atomic E-state index is 6.67. The van der Waals surface area contributed by atoms with Gasteiger partial charge in [-0.3, -0.25) is 19.7 Å². The molecule has 2 atom stereocenters. The summed E-state index contributed by atoms with van der Waals surface area (Å²) in [7, 11) is 0. The average Bonchev–Trinajstić information content (AvgIpc) is 4.15. The number of imidazole rings is 1. The number of halogens is 5. The van der Waals surface area contributed by atoms with Crippen molar-refractivity contribution in [2.24, 2.45) is 4.99 Å². The molecule has 3 N–H and O–H groups in total. The van der Waals surface area contributed by atoms with Crippen LogP contribution in [0.25, 0.3) is 11.4 Å². The number of aromatic amines is 1. The lowest BCUT2D eigenvalue weighted by molar-refractivity contribution is 0.0610. The molecule has 2 aromatic carbocycles. The van der Waals surface area contributed by atoms with Gasteiger partial charge in [-0.2, -0.15) is 0 Å². The molecular formula is C52H67Cl5N12. The molecule has 0 bridgehead atoms. The van der Waals surface area contributed by atoms with Gasteiger partial charge in [0.05, 0.1) is 16.6 Å². The third-order valence-corrected chi connectivity index (χ3v) is 15.5. The fourth-order valence-electron chi connectivity index (χ4n) is 10.4. The number of H-pyrrole nitrogens is 1. The Morgan fingerprint density at radius 2 is 1.17 bits per heavy atom. The molecule has 3 aromatic heterocycles. The second-order valence-electron chi connectivity index (χ2n) is 18.5. The number of pyridine rings is 2. The molecule has 4 fully saturated rings. The third-order valence-electron chi connectivity index (χ3n) is 14.2. The van der Waals surface area contributed by atoms with Crippen molar-refractivity contribution in [2.75, 3.05) is 88.3 Å². The van der Waals surface area contributed by atoms with Gasteiger partial charge in [0.15, 0.2) is 0 Å². The van der Waals surface area contributed by atoms with Gasteiger partial charge in [0.2, 0.25) is 0 Å². The molecule has 5 aliphatic rings. The van der Waals surface area contributed by atoms with Crippen molar-refractivity contribution in [2.45, 2.75) is 89.0 Å². The first-order valence-electron chi connectivity index (χ1n) is 24.8. The molecule has 0 aliphatic carbocycles. The Bertz CT molecular complexity index is 2370. The number of rotatable bonds is 11. The minimum atomic E-state index is 0.518. The van der Waals surface area contributed by atoms with E-state index in [4.69, 9.17) is 68.0 Å². The number of hydrogen-bond donors (Lipinski definition) is 3. The Morgan fingerprint density at radius 1 is 0.623 bits per heavy atom. The number of piperazine rings is 2. The molecule has 0 saturated carbocycles. The van der Waals surface area contributed by atoms with Crippen molar-refractivity contribution in [3.05, 3.63) is 122 Å². The van der Waals surface area contributed by atoms with Gasteiger partial charge in [0.1, 0.15) is 23.3 Å². The minimum Gasteiger partial charge on any atom is -0.368 e. The molecule has 69 heavy (non-hydrogen) atoms. The average molecular weight is 1040 g/mol. The number of piperidine rings is 2. The Labute approximate surface area is 434 Å². The van der Waals surface area contributed by atoms with E-state index in [0.717, 1.165) is 159 Å². The molecule has 17 heteroatoms. The highest BCUT2D eigenvalue weighted by molar-refractivity contribution is 6.33. The quantitative estimate of drug-likeness (QED) is 0.111. The standard InChI is InChI=1S/C26H32Cl2N6.C19H29ClN6.C7H6Cl2/c1-2-22-18-33(26-24(28)15-20(16-31-26)25-29-9-10-30-25)13-14-34(22)23-7-11-32(12-8-23)17-19-3-5-21(27)6-4-19;1-2-15-13-25(9-10-26(15)16-3-5-21-6-4-16)19-17(20)11-14(12-24-19)18-22-7-8-23-18;8-5-6-1-3-7(9)4-2-6/h3-6,9-10,15-16,22-23H,2,7-8,11-14,17-18H2,1H3,(H,29,30);11-12,15-16,21H,2-10,13H2,1H3,(H,22,23);1-4H,5H2/t22-;15-;/m00./s1. The molecule has 8 heterocycles. The number of anilines is 2. The largest absolute Gasteiger partial charge is 0.368 e. The van der Waals surface area contributed by atoms with Crippen LogP contribution in [0.4, 0.5) is 11.6 Å². The van der Waals surface area contributed by atoms with E-state index in [0.29, 0.717) is 29.0 Å². The van der Waals surface area contributed by atoms with Crippen molar-refractivity contribution in [1.29, 1.82) is 0 Å². The summed E-state index contributed by atoms with van der Waals surface area (Å²) in [6, 6.07) is 22.2. The molecule has 0 unspecified atom stereocenters. The monoisotopic (exact) mass is 1030 g/mol. The summed E-state index contributed by atoms with van der Waals surface area (Å²) in [6.07, 6.45) is 14.6. The van der Waals surface area contributed by atoms with Crippen LogP contribution in [0.3, 0.4) is 0 Å². The van der Waals surface area contributed by atoms with Crippen LogP contribution in [0.1, 0.15) is 69.1 Å². The summed E-state index contributed by atoms with van der Waals surface area (Å²) >= 11 is 30.5. The number of aliphatic imine (C=N–C) groups is 1. The number of benzene rings is 2. The molecule has 4 saturated heterocycles. The van der Waals surface area contributed by atoms with Crippen LogP contribution in [-0.4, -0.2) is 143 Å². The van der Waals surface area contributed by atoms with Crippen LogP contribution in [-0.2, 0) is 12.4 Å². The highest BCUT2D eigenvalue weighted by Gasteiger charge is 2.35. The van der Waals surface area contributed by atoms with E-state index in [2.05, 4.69) is 76.1 Å². The maximum absolute atomic E-state index is 6.67. The highest BCUT2D eigenvalue weighted by atomic mass is 35.5. The Morgan fingerprint density at radius 3 is 1.68 bits per heavy atom. The lowest BCUT2D eigenvalue weighted by atomic mass is 9.98. The van der Waals surface area contributed by atoms with Gasteiger partial charge in [-0.15, -0.1) is 11.6 Å². The Kier molecular flexibility index (Phi) is 19.2. The molecule has 370 valence electrons. The summed E-state index contributed by atoms with van der Waals surface area (Å²) in [4.78, 5) is 34.1. The number of aromatic nitrogens is 4. The van der Waals surface area contributed by atoms with Gasteiger partial charge in [-0.25, -0.2) is 15.0 Å². The van der Waals surface area contributed by atoms with Crippen molar-refractivity contribution < 1.29 is 0 Å². The van der Waals surface area contributed by atoms with Gasteiger partial charge in [-0.1, -0.05) is 84.5 Å². The summed E-state index contributed by atoms with van der Waals surface area (Å²) in [5, 5.41) is 9.73. The van der Waals surface area contributed by atoms with Crippen LogP contribution in [0.2, 0.25) is 20.1 Å². The maximum Gasteiger partial charge on any atom is 0.147 e. The van der Waals surface area contributed by atoms with Gasteiger partial charge < -0.3 is 25.4 Å². The lowest BCUT2D eigenvalue weighted by Crippen LogP contribution is -2.58. The zero-order chi connectivity index (χ0) is 48.1. The van der Waals surface area contributed by atoms with E-state index in [9.17, 15) is 0 Å². The highest BCUT2D eigenvalue weighted by Crippen LogP contribution is 2.33. The number of likely N-dealkylation sites (tertiary alicyclic amines) is 1. The molecule has 0 amide bonds. The number of hydrogen-bond acceptors (Lipinski definition) is 11. The fraction of sp³-hybridized carbons (Fsp3) is 0.500. The smallest absolute Gasteiger partial charge is 0.147 e. The van der Waals surface area contributed by atoms with Crippen LogP contribution in [0.15, 0.2) is 90.4 Å². The molecule has 0 spiro atoms. The Balaban J connectivity index is 0.000000161. The molecule has 10 rings (SSSR count). The Hall–Kier alpha value is -3.69. The third kappa shape index (κ3) is 13.8. The number of nitrogens with zero attached hydrogens (tertiary/aromatic N) is 9. The normalized spacial score (nSPS) is 20.9. The SMILES string of the molecule is CC[C@H]1CN(c2ncc(-c3ncc[nH]3)cc2Cl)CCN1C1CCN(Cc2ccc(Cl)cc2)CC1.CC[C@H]1CN(c2ncc(C3=NCCN3)cc2Cl)CCN1C1CCNCC1.ClCc1ccc(Cl)cc1. The van der Waals surface area contributed by atoms with Crippen molar-refractivity contribution in [3.8, 4) is 11.4 Å². The van der Waals surface area contributed by atoms with Crippen LogP contribution < -0.4 is 20.4 Å². The van der Waals surface area contributed by atoms with Gasteiger partial charge in [-0.05, 0) is 112 Å². The van der Waals surface area contributed by atoms with Crippen molar-refractivity contribution >= 4 is 75.5 Å². The first-order chi connectivity index (χ1) is 33.7. The van der Waals surface area contributed by atoms with E-state index in [1.807, 2.05) is 67.1 Å². The second kappa shape index (κ2) is 25.6. The van der Waals surface area contributed by atoms with Crippen LogP contribution >= 0.6 is 58.0 Å². The van der Waals surface area contributed by atoms with Gasteiger partial charge in [0, 0.05) is 128 Å². The van der Waals surface area contributed by atoms with E-state index < -0.39 is 0 Å². The molecule has 12 nitrogen and oxygen atoms in total. The molecule has 0 radical (unpaired) electrons. The van der Waals surface area contributed by atoms with Crippen molar-refractivity contribution in [1.82, 2.24) is 45.3 Å². The molecule has 5 aliphatic heterocycles. The molecular weight excluding hydrogens is 970 g/mol. The zero-order valence-electron chi connectivity index (χ0n) is 39.9. The second-order valence-corrected chi connectivity index (χ2v) is 20.5. The van der Waals surface area contributed by atoms with E-state index in [1.54, 1.807) is 6.20 Å². The van der Waals surface area contributed by atoms with Crippen molar-refractivity contribution in [3.63, 3.8) is 0 Å². The predicted octanol–water partition coefficient (Wildman–Crippen LogP) is 10.2. The van der Waals surface area contributed by atoms with E-state index in [1.165, 1.54) is 31.2 Å².